The number of nitrogens with one attached hydrogen (secondary N) is 1. The molecule has 0 radical (unpaired) electrons. The van der Waals surface area contributed by atoms with E-state index in [9.17, 15) is 9.59 Å². The maximum absolute atomic E-state index is 11.4. The van der Waals surface area contributed by atoms with Crippen LogP contribution in [0.4, 0.5) is 4.79 Å². The molecule has 18 heavy (non-hydrogen) atoms. The van der Waals surface area contributed by atoms with E-state index in [1.54, 1.807) is 26.8 Å². The summed E-state index contributed by atoms with van der Waals surface area (Å²) in [5.41, 5.74) is -0.638. The van der Waals surface area contributed by atoms with Crippen molar-refractivity contribution in [2.24, 2.45) is 5.92 Å². The second-order valence-corrected chi connectivity index (χ2v) is 5.44. The number of hydrogen-bond donors (Lipinski definition) is 2. The number of hydrogen-bond acceptors (Lipinski definition) is 3. The molecule has 0 heterocycles. The summed E-state index contributed by atoms with van der Waals surface area (Å²) in [6.07, 6.45) is 3.17. The molecule has 1 amide bonds. The Morgan fingerprint density at radius 1 is 1.33 bits per heavy atom. The average Bonchev–Trinajstić information content (AvgIpc) is 2.12. The molecular weight excluding hydrogens is 234 g/mol. The first-order valence-corrected chi connectivity index (χ1v) is 6.01. The summed E-state index contributed by atoms with van der Waals surface area (Å²) in [5, 5.41) is 11.3. The van der Waals surface area contributed by atoms with Crippen molar-refractivity contribution in [2.45, 2.75) is 52.7 Å². The molecule has 5 heteroatoms. The minimum absolute atomic E-state index is 0.243. The molecule has 0 aromatic carbocycles. The van der Waals surface area contributed by atoms with Crippen molar-refractivity contribution in [2.75, 3.05) is 0 Å². The Labute approximate surface area is 108 Å². The van der Waals surface area contributed by atoms with E-state index in [2.05, 4.69) is 5.32 Å². The largest absolute Gasteiger partial charge is 0.480 e. The highest BCUT2D eigenvalue weighted by atomic mass is 16.6. The summed E-state index contributed by atoms with van der Waals surface area (Å²) in [5.74, 6) is -0.727. The molecule has 0 aliphatic carbocycles. The van der Waals surface area contributed by atoms with Crippen molar-refractivity contribution >= 4 is 12.1 Å². The van der Waals surface area contributed by atoms with Gasteiger partial charge in [-0.3, -0.25) is 0 Å². The van der Waals surface area contributed by atoms with E-state index in [4.69, 9.17) is 9.84 Å². The van der Waals surface area contributed by atoms with Crippen LogP contribution in [0.5, 0.6) is 0 Å². The van der Waals surface area contributed by atoms with Gasteiger partial charge in [0.15, 0.2) is 0 Å². The third-order valence-electron chi connectivity index (χ3n) is 1.88. The van der Waals surface area contributed by atoms with Crippen LogP contribution < -0.4 is 5.32 Å². The zero-order valence-corrected chi connectivity index (χ0v) is 11.7. The number of alkyl carbamates (subject to hydrolysis) is 1. The SMILES string of the molecule is CC(C)C=CC[C@H](NC(=O)OC(C)(C)C)C(=O)O. The molecule has 0 aliphatic rings. The van der Waals surface area contributed by atoms with Gasteiger partial charge in [-0.25, -0.2) is 9.59 Å². The normalized spacial score (nSPS) is 13.7. The van der Waals surface area contributed by atoms with Crippen LogP contribution in [0.3, 0.4) is 0 Å². The van der Waals surface area contributed by atoms with Crippen molar-refractivity contribution in [3.8, 4) is 0 Å². The second kappa shape index (κ2) is 7.03. The van der Waals surface area contributed by atoms with Crippen LogP contribution in [0.1, 0.15) is 41.0 Å². The first-order valence-electron chi connectivity index (χ1n) is 6.01. The lowest BCUT2D eigenvalue weighted by atomic mass is 10.1. The van der Waals surface area contributed by atoms with Crippen molar-refractivity contribution in [3.63, 3.8) is 0 Å². The maximum atomic E-state index is 11.4. The van der Waals surface area contributed by atoms with Gasteiger partial charge in [-0.1, -0.05) is 26.0 Å². The maximum Gasteiger partial charge on any atom is 0.408 e. The summed E-state index contributed by atoms with van der Waals surface area (Å²) < 4.78 is 5.01. The smallest absolute Gasteiger partial charge is 0.408 e. The first kappa shape index (κ1) is 16.5. The second-order valence-electron chi connectivity index (χ2n) is 5.44. The van der Waals surface area contributed by atoms with Gasteiger partial charge in [-0.15, -0.1) is 0 Å². The molecule has 1 atom stereocenters. The van der Waals surface area contributed by atoms with Gasteiger partial charge in [0.2, 0.25) is 0 Å². The monoisotopic (exact) mass is 257 g/mol. The number of aliphatic carboxylic acids is 1. The molecule has 0 fully saturated rings. The summed E-state index contributed by atoms with van der Waals surface area (Å²) >= 11 is 0. The van der Waals surface area contributed by atoms with E-state index >= 15 is 0 Å². The molecule has 5 nitrogen and oxygen atoms in total. The van der Waals surface area contributed by atoms with E-state index in [0.717, 1.165) is 0 Å². The van der Waals surface area contributed by atoms with E-state index in [1.165, 1.54) is 0 Å². The van der Waals surface area contributed by atoms with E-state index in [-0.39, 0.29) is 6.42 Å². The number of ether oxygens (including phenoxy) is 1. The molecule has 0 aliphatic heterocycles. The Hall–Kier alpha value is -1.52. The van der Waals surface area contributed by atoms with Gasteiger partial charge < -0.3 is 15.2 Å². The fraction of sp³-hybridized carbons (Fsp3) is 0.692. The van der Waals surface area contributed by atoms with Crippen LogP contribution in [0, 0.1) is 5.92 Å². The van der Waals surface area contributed by atoms with Gasteiger partial charge in [-0.2, -0.15) is 0 Å². The minimum atomic E-state index is -1.07. The van der Waals surface area contributed by atoms with Crippen molar-refractivity contribution < 1.29 is 19.4 Å². The van der Waals surface area contributed by atoms with Gasteiger partial charge in [0.1, 0.15) is 11.6 Å². The van der Waals surface area contributed by atoms with Crippen LogP contribution in [0.15, 0.2) is 12.2 Å². The number of carboxylic acid groups (broad SMARTS) is 1. The number of amides is 1. The summed E-state index contributed by atoms with van der Waals surface area (Å²) in [6.45, 7) is 9.16. The molecule has 0 saturated carbocycles. The molecule has 0 rings (SSSR count). The van der Waals surface area contributed by atoms with Gasteiger partial charge in [0.05, 0.1) is 0 Å². The van der Waals surface area contributed by atoms with Crippen LogP contribution >= 0.6 is 0 Å². The molecule has 2 N–H and O–H groups in total. The van der Waals surface area contributed by atoms with Crippen molar-refractivity contribution in [3.05, 3.63) is 12.2 Å². The fourth-order valence-corrected chi connectivity index (χ4v) is 1.16. The fourth-order valence-electron chi connectivity index (χ4n) is 1.16. The predicted molar refractivity (Wildman–Crippen MR) is 69.4 cm³/mol. The molecule has 0 aromatic heterocycles. The van der Waals surface area contributed by atoms with E-state index < -0.39 is 23.7 Å². The molecule has 0 spiro atoms. The molecule has 0 aromatic rings. The summed E-state index contributed by atoms with van der Waals surface area (Å²) in [4.78, 5) is 22.4. The van der Waals surface area contributed by atoms with E-state index in [0.29, 0.717) is 5.92 Å². The van der Waals surface area contributed by atoms with Gasteiger partial charge in [-0.05, 0) is 33.1 Å². The number of carboxylic acids is 1. The van der Waals surface area contributed by atoms with Crippen LogP contribution in [-0.4, -0.2) is 28.8 Å². The number of allylic oxidation sites excluding steroid dienone is 1. The van der Waals surface area contributed by atoms with Gasteiger partial charge >= 0.3 is 12.1 Å². The number of rotatable bonds is 5. The number of carbonyl (C=O) groups is 2. The molecule has 0 unspecified atom stereocenters. The standard InChI is InChI=1S/C13H23NO4/c1-9(2)7-6-8-10(11(15)16)14-12(17)18-13(3,4)5/h6-7,9-10H,8H2,1-5H3,(H,14,17)(H,15,16)/t10-/m0/s1. The van der Waals surface area contributed by atoms with Gasteiger partial charge in [0, 0.05) is 0 Å². The Balaban J connectivity index is 4.37. The van der Waals surface area contributed by atoms with Crippen molar-refractivity contribution in [1.82, 2.24) is 5.32 Å². The third-order valence-corrected chi connectivity index (χ3v) is 1.88. The minimum Gasteiger partial charge on any atom is -0.480 e. The molecule has 104 valence electrons. The predicted octanol–water partition coefficient (Wildman–Crippen LogP) is 2.57. The highest BCUT2D eigenvalue weighted by Crippen LogP contribution is 2.07. The molecule has 0 saturated heterocycles. The highest BCUT2D eigenvalue weighted by Gasteiger charge is 2.22. The number of carbonyl (C=O) groups excluding carboxylic acids is 1. The quantitative estimate of drug-likeness (QED) is 0.742. The third kappa shape index (κ3) is 8.61. The Kier molecular flexibility index (Phi) is 6.44. The Bertz CT molecular complexity index is 315. The lowest BCUT2D eigenvalue weighted by molar-refractivity contribution is -0.139. The topological polar surface area (TPSA) is 75.6 Å². The Morgan fingerprint density at radius 2 is 1.89 bits per heavy atom. The Morgan fingerprint density at radius 3 is 2.28 bits per heavy atom. The van der Waals surface area contributed by atoms with Crippen LogP contribution in [0.25, 0.3) is 0 Å². The lowest BCUT2D eigenvalue weighted by Crippen LogP contribution is -2.43. The zero-order valence-electron chi connectivity index (χ0n) is 11.7. The first-order chi connectivity index (χ1) is 8.11. The summed E-state index contributed by atoms with van der Waals surface area (Å²) in [6, 6.07) is -0.963. The van der Waals surface area contributed by atoms with E-state index in [1.807, 2.05) is 19.9 Å². The van der Waals surface area contributed by atoms with Crippen LogP contribution in [-0.2, 0) is 9.53 Å². The average molecular weight is 257 g/mol. The summed E-state index contributed by atoms with van der Waals surface area (Å²) in [7, 11) is 0. The van der Waals surface area contributed by atoms with Crippen molar-refractivity contribution in [1.29, 1.82) is 0 Å². The lowest BCUT2D eigenvalue weighted by Gasteiger charge is -2.21. The molecular formula is C13H23NO4. The zero-order chi connectivity index (χ0) is 14.3. The molecule has 0 bridgehead atoms. The highest BCUT2D eigenvalue weighted by molar-refractivity contribution is 5.80. The van der Waals surface area contributed by atoms with Gasteiger partial charge in [0.25, 0.3) is 0 Å². The van der Waals surface area contributed by atoms with Crippen LogP contribution in [0.2, 0.25) is 0 Å².